The highest BCUT2D eigenvalue weighted by Gasteiger charge is 2.51. The van der Waals surface area contributed by atoms with Crippen molar-refractivity contribution < 1.29 is 22.4 Å². The molecule has 3 aliphatic rings. The number of imidazole rings is 1. The Morgan fingerprint density at radius 1 is 1.18 bits per heavy atom. The van der Waals surface area contributed by atoms with E-state index in [1.54, 1.807) is 23.0 Å². The summed E-state index contributed by atoms with van der Waals surface area (Å²) in [6, 6.07) is 12.0. The van der Waals surface area contributed by atoms with E-state index in [4.69, 9.17) is 0 Å². The fourth-order valence-electron chi connectivity index (χ4n) is 5.33. The summed E-state index contributed by atoms with van der Waals surface area (Å²) in [5.41, 5.74) is 7.40. The fraction of sp³-hybridized carbons (Fsp3) is 0.379. The number of benzene rings is 2. The van der Waals surface area contributed by atoms with Gasteiger partial charge in [-0.05, 0) is 74.1 Å². The van der Waals surface area contributed by atoms with Gasteiger partial charge in [-0.2, -0.15) is 13.2 Å². The number of aromatic nitrogens is 2. The SMILES string of the molecule is Cc1cc(-c2cnc3n2NC(C2(c4cccc(F)c4)CC2)C=C3NCCC(F)(F)F)ccc1C(=O)NC1CC1. The Labute approximate surface area is 223 Å². The van der Waals surface area contributed by atoms with Crippen LogP contribution in [0.25, 0.3) is 17.0 Å². The molecule has 0 spiro atoms. The lowest BCUT2D eigenvalue weighted by molar-refractivity contribution is -0.132. The van der Waals surface area contributed by atoms with Gasteiger partial charge in [-0.1, -0.05) is 18.2 Å². The molecular formula is C29H29F4N5O. The average Bonchev–Trinajstić information content (AvgIpc) is 3.81. The quantitative estimate of drug-likeness (QED) is 0.334. The molecule has 1 amide bonds. The second kappa shape index (κ2) is 9.43. The molecule has 3 N–H and O–H groups in total. The number of hydrogen-bond donors (Lipinski definition) is 3. The number of rotatable bonds is 8. The van der Waals surface area contributed by atoms with Gasteiger partial charge in [-0.25, -0.2) is 14.1 Å². The van der Waals surface area contributed by atoms with Gasteiger partial charge < -0.3 is 16.1 Å². The molecule has 2 aliphatic carbocycles. The molecule has 1 unspecified atom stereocenters. The number of aryl methyl sites for hydroxylation is 1. The highest BCUT2D eigenvalue weighted by molar-refractivity contribution is 5.96. The highest BCUT2D eigenvalue weighted by atomic mass is 19.4. The molecule has 3 aromatic rings. The lowest BCUT2D eigenvalue weighted by Crippen LogP contribution is -2.42. The number of hydrogen-bond acceptors (Lipinski definition) is 4. The highest BCUT2D eigenvalue weighted by Crippen LogP contribution is 2.53. The first-order valence-electron chi connectivity index (χ1n) is 13.2. The summed E-state index contributed by atoms with van der Waals surface area (Å²) in [5.74, 6) is 0.0407. The van der Waals surface area contributed by atoms with Crippen molar-refractivity contribution in [2.24, 2.45) is 0 Å². The van der Waals surface area contributed by atoms with Crippen LogP contribution in [0.1, 0.15) is 59.4 Å². The summed E-state index contributed by atoms with van der Waals surface area (Å²) < 4.78 is 54.6. The zero-order valence-electron chi connectivity index (χ0n) is 21.4. The van der Waals surface area contributed by atoms with Gasteiger partial charge in [0.25, 0.3) is 5.91 Å². The van der Waals surface area contributed by atoms with E-state index < -0.39 is 12.6 Å². The Balaban J connectivity index is 1.34. The van der Waals surface area contributed by atoms with Crippen LogP contribution in [0.2, 0.25) is 0 Å². The van der Waals surface area contributed by atoms with Crippen molar-refractivity contribution in [1.82, 2.24) is 20.3 Å². The zero-order valence-corrected chi connectivity index (χ0v) is 21.4. The zero-order chi connectivity index (χ0) is 27.4. The third kappa shape index (κ3) is 5.12. The molecule has 39 heavy (non-hydrogen) atoms. The van der Waals surface area contributed by atoms with E-state index in [2.05, 4.69) is 21.0 Å². The van der Waals surface area contributed by atoms with E-state index in [0.29, 0.717) is 22.8 Å². The van der Waals surface area contributed by atoms with E-state index in [-0.39, 0.29) is 35.8 Å². The van der Waals surface area contributed by atoms with Crippen molar-refractivity contribution in [1.29, 1.82) is 0 Å². The first kappa shape index (κ1) is 25.5. The predicted molar refractivity (Wildman–Crippen MR) is 140 cm³/mol. The molecule has 2 fully saturated rings. The minimum Gasteiger partial charge on any atom is -0.382 e. The maximum Gasteiger partial charge on any atom is 0.390 e. The molecule has 2 saturated carbocycles. The van der Waals surface area contributed by atoms with Crippen LogP contribution in [0.4, 0.5) is 17.6 Å². The van der Waals surface area contributed by atoms with Crippen molar-refractivity contribution >= 4 is 11.6 Å². The molecule has 2 heterocycles. The van der Waals surface area contributed by atoms with E-state index in [0.717, 1.165) is 42.4 Å². The first-order chi connectivity index (χ1) is 18.6. The maximum atomic E-state index is 14.1. The van der Waals surface area contributed by atoms with E-state index in [9.17, 15) is 22.4 Å². The van der Waals surface area contributed by atoms with Crippen LogP contribution in [0.3, 0.4) is 0 Å². The van der Waals surface area contributed by atoms with Gasteiger partial charge in [0.05, 0.1) is 30.1 Å². The largest absolute Gasteiger partial charge is 0.390 e. The van der Waals surface area contributed by atoms with Gasteiger partial charge in [-0.15, -0.1) is 0 Å². The Bertz CT molecular complexity index is 1450. The standard InChI is InChI=1S/C29H29F4N5O/c1-17-13-18(5-8-22(17)27(39)36-21-6-7-21)24-16-35-26-23(34-12-11-29(31,32)33)15-25(37-38(24)26)28(9-10-28)19-3-2-4-20(30)14-19/h2-5,8,13-16,21,25,34,37H,6-7,9-12H2,1H3,(H,36,39). The summed E-state index contributed by atoms with van der Waals surface area (Å²) in [6.07, 6.45) is 1.90. The lowest BCUT2D eigenvalue weighted by Gasteiger charge is -2.33. The van der Waals surface area contributed by atoms with Crippen LogP contribution in [0, 0.1) is 12.7 Å². The van der Waals surface area contributed by atoms with Crippen molar-refractivity contribution in [2.75, 3.05) is 12.0 Å². The molecule has 6 nitrogen and oxygen atoms in total. The molecular weight excluding hydrogens is 510 g/mol. The summed E-state index contributed by atoms with van der Waals surface area (Å²) in [4.78, 5) is 17.2. The second-order valence-electron chi connectivity index (χ2n) is 10.7. The van der Waals surface area contributed by atoms with E-state index >= 15 is 0 Å². The van der Waals surface area contributed by atoms with Crippen molar-refractivity contribution in [3.05, 3.63) is 83.1 Å². The number of alkyl halides is 3. The Morgan fingerprint density at radius 3 is 2.64 bits per heavy atom. The summed E-state index contributed by atoms with van der Waals surface area (Å²) in [6.45, 7) is 1.59. The van der Waals surface area contributed by atoms with E-state index in [1.165, 1.54) is 12.1 Å². The summed E-state index contributed by atoms with van der Waals surface area (Å²) in [7, 11) is 0. The molecule has 0 bridgehead atoms. The molecule has 6 rings (SSSR count). The molecule has 1 atom stereocenters. The smallest absolute Gasteiger partial charge is 0.382 e. The van der Waals surface area contributed by atoms with Gasteiger partial charge >= 0.3 is 6.18 Å². The van der Waals surface area contributed by atoms with Crippen LogP contribution in [0.5, 0.6) is 0 Å². The van der Waals surface area contributed by atoms with Crippen LogP contribution in [0.15, 0.2) is 54.7 Å². The van der Waals surface area contributed by atoms with Gasteiger partial charge in [-0.3, -0.25) is 4.79 Å². The first-order valence-corrected chi connectivity index (χ1v) is 13.2. The third-order valence-corrected chi connectivity index (χ3v) is 7.79. The van der Waals surface area contributed by atoms with Gasteiger partial charge in [0.2, 0.25) is 0 Å². The number of carbonyl (C=O) groups excluding carboxylic acids is 1. The molecule has 10 heteroatoms. The van der Waals surface area contributed by atoms with Crippen LogP contribution in [-0.4, -0.2) is 40.4 Å². The summed E-state index contributed by atoms with van der Waals surface area (Å²) in [5, 5.41) is 5.95. The van der Waals surface area contributed by atoms with E-state index in [1.807, 2.05) is 31.2 Å². The van der Waals surface area contributed by atoms with Crippen molar-refractivity contribution in [3.8, 4) is 11.3 Å². The van der Waals surface area contributed by atoms with Crippen LogP contribution >= 0.6 is 0 Å². The average molecular weight is 540 g/mol. The van der Waals surface area contributed by atoms with Gasteiger partial charge in [0.1, 0.15) is 5.82 Å². The molecule has 2 aromatic carbocycles. The number of amides is 1. The third-order valence-electron chi connectivity index (χ3n) is 7.79. The Kier molecular flexibility index (Phi) is 6.15. The number of carbonyl (C=O) groups is 1. The molecule has 204 valence electrons. The number of halogens is 4. The Morgan fingerprint density at radius 2 is 1.97 bits per heavy atom. The maximum absolute atomic E-state index is 14.1. The molecule has 1 aliphatic heterocycles. The minimum absolute atomic E-state index is 0.0973. The fourth-order valence-corrected chi connectivity index (χ4v) is 5.33. The number of nitrogens with one attached hydrogen (secondary N) is 3. The minimum atomic E-state index is -4.29. The van der Waals surface area contributed by atoms with Crippen LogP contribution < -0.4 is 16.1 Å². The van der Waals surface area contributed by atoms with Gasteiger partial charge in [0.15, 0.2) is 5.82 Å². The number of nitrogens with zero attached hydrogens (tertiary/aromatic N) is 2. The predicted octanol–water partition coefficient (Wildman–Crippen LogP) is 5.43. The summed E-state index contributed by atoms with van der Waals surface area (Å²) >= 11 is 0. The monoisotopic (exact) mass is 539 g/mol. The molecule has 0 radical (unpaired) electrons. The van der Waals surface area contributed by atoms with Gasteiger partial charge in [0, 0.05) is 29.1 Å². The topological polar surface area (TPSA) is 71.0 Å². The van der Waals surface area contributed by atoms with Crippen molar-refractivity contribution in [3.63, 3.8) is 0 Å². The molecule has 1 aromatic heterocycles. The molecule has 0 saturated heterocycles. The number of fused-ring (bicyclic) bond motifs is 1. The van der Waals surface area contributed by atoms with Crippen LogP contribution in [-0.2, 0) is 5.41 Å². The second-order valence-corrected chi connectivity index (χ2v) is 10.7. The normalized spacial score (nSPS) is 19.5. The lowest BCUT2D eigenvalue weighted by atomic mass is 9.87. The van der Waals surface area contributed by atoms with Crippen molar-refractivity contribution in [2.45, 2.75) is 62.7 Å². The Hall–Kier alpha value is -3.82.